The first-order chi connectivity index (χ1) is 8.16. The highest BCUT2D eigenvalue weighted by Gasteiger charge is 2.71. The quantitative estimate of drug-likeness (QED) is 0.643. The van der Waals surface area contributed by atoms with E-state index in [1.54, 1.807) is 0 Å². The Hall–Kier alpha value is -1.07. The van der Waals surface area contributed by atoms with E-state index in [2.05, 4.69) is 8.47 Å². The molecule has 11 heteroatoms. The molecule has 2 amide bonds. The first kappa shape index (κ1) is 12.0. The van der Waals surface area contributed by atoms with Crippen LogP contribution in [0.2, 0.25) is 0 Å². The van der Waals surface area contributed by atoms with Crippen molar-refractivity contribution < 1.29 is 34.9 Å². The fraction of sp³-hybridized carbons (Fsp3) is 0.857. The molecule has 3 heterocycles. The van der Waals surface area contributed by atoms with Crippen LogP contribution < -0.4 is 0 Å². The van der Waals surface area contributed by atoms with E-state index in [0.29, 0.717) is 9.96 Å². The number of rotatable bonds is 0. The van der Waals surface area contributed by atoms with Crippen molar-refractivity contribution in [2.45, 2.75) is 30.8 Å². The molecule has 2 atom stereocenters. The average molecular weight is 288 g/mol. The number of fused-ring (bicyclic) bond motifs is 3. The summed E-state index contributed by atoms with van der Waals surface area (Å²) in [6, 6.07) is -1.84. The molecule has 18 heavy (non-hydrogen) atoms. The zero-order valence-corrected chi connectivity index (χ0v) is 9.49. The summed E-state index contributed by atoms with van der Waals surface area (Å²) in [5.41, 5.74) is -3.15. The number of hydrogen-bond donors (Lipinski definition) is 0. The number of hydroxylamine groups is 2. The summed E-state index contributed by atoms with van der Waals surface area (Å²) in [4.78, 5) is 12.1. The molecule has 0 N–H and O–H groups in total. The maximum absolute atomic E-state index is 13.1. The summed E-state index contributed by atoms with van der Waals surface area (Å²) in [7, 11) is -4.91. The second kappa shape index (κ2) is 3.08. The van der Waals surface area contributed by atoms with Crippen LogP contribution in [0, 0.1) is 0 Å². The highest BCUT2D eigenvalue weighted by Crippen LogP contribution is 2.50. The van der Waals surface area contributed by atoms with Crippen molar-refractivity contribution in [3.63, 3.8) is 0 Å². The van der Waals surface area contributed by atoms with Crippen molar-refractivity contribution in [3.05, 3.63) is 0 Å². The molecule has 3 aliphatic rings. The van der Waals surface area contributed by atoms with Gasteiger partial charge in [-0.05, 0) is 6.42 Å². The van der Waals surface area contributed by atoms with E-state index in [1.807, 2.05) is 0 Å². The molecule has 3 aliphatic heterocycles. The van der Waals surface area contributed by atoms with Gasteiger partial charge in [0.05, 0.1) is 6.04 Å². The minimum Gasteiger partial charge on any atom is -0.283 e. The minimum atomic E-state index is -5.02. The van der Waals surface area contributed by atoms with Gasteiger partial charge in [-0.2, -0.15) is 26.7 Å². The molecule has 0 unspecified atom stereocenters. The summed E-state index contributed by atoms with van der Waals surface area (Å²) in [5.74, 6) is 0. The van der Waals surface area contributed by atoms with E-state index < -0.39 is 40.8 Å². The van der Waals surface area contributed by atoms with Gasteiger partial charge in [0.1, 0.15) is 0 Å². The molecule has 3 saturated heterocycles. The molecule has 3 bridgehead atoms. The molecule has 0 aromatic rings. The molecule has 0 radical (unpaired) electrons. The number of piperidine rings is 1. The average Bonchev–Trinajstić information content (AvgIpc) is 2.39. The normalized spacial score (nSPS) is 38.2. The predicted molar refractivity (Wildman–Crippen MR) is 46.8 cm³/mol. The molecular formula is C7H7F3N2O5S. The van der Waals surface area contributed by atoms with E-state index in [9.17, 15) is 26.4 Å². The second-order valence-corrected chi connectivity index (χ2v) is 5.39. The Balaban J connectivity index is 2.20. The molecule has 0 aliphatic carbocycles. The van der Waals surface area contributed by atoms with E-state index in [1.165, 1.54) is 0 Å². The van der Waals surface area contributed by atoms with Crippen molar-refractivity contribution in [3.8, 4) is 0 Å². The Morgan fingerprint density at radius 3 is 2.67 bits per heavy atom. The van der Waals surface area contributed by atoms with Crippen LogP contribution in [-0.4, -0.2) is 48.9 Å². The van der Waals surface area contributed by atoms with Crippen molar-refractivity contribution >= 4 is 16.4 Å². The summed E-state index contributed by atoms with van der Waals surface area (Å²) >= 11 is 0. The first-order valence-corrected chi connectivity index (χ1v) is 6.32. The number of hydrogen-bond acceptors (Lipinski definition) is 5. The zero-order chi connectivity index (χ0) is 13.3. The Kier molecular flexibility index (Phi) is 2.05. The number of carbonyl (C=O) groups excluding carboxylic acids is 1. The standard InChI is InChI=1S/C7H7F3N2O5S/c8-7(9,10)6-2-1-4-3-11(6)5(13)12(4)17-18(14,15)16-6/h4H,1-3H2/t4-,6+/m1/s1. The van der Waals surface area contributed by atoms with Gasteiger partial charge >= 0.3 is 22.6 Å². The number of halogens is 3. The molecule has 3 fully saturated rings. The van der Waals surface area contributed by atoms with Gasteiger partial charge in [0.25, 0.3) is 5.72 Å². The molecule has 0 spiro atoms. The van der Waals surface area contributed by atoms with Crippen LogP contribution >= 0.6 is 0 Å². The van der Waals surface area contributed by atoms with Gasteiger partial charge in [-0.3, -0.25) is 4.90 Å². The van der Waals surface area contributed by atoms with E-state index in [-0.39, 0.29) is 13.0 Å². The van der Waals surface area contributed by atoms with Crippen LogP contribution in [0.15, 0.2) is 0 Å². The van der Waals surface area contributed by atoms with E-state index in [4.69, 9.17) is 0 Å². The van der Waals surface area contributed by atoms with Gasteiger partial charge in [0, 0.05) is 13.0 Å². The highest BCUT2D eigenvalue weighted by molar-refractivity contribution is 7.81. The third kappa shape index (κ3) is 1.32. The summed E-state index contributed by atoms with van der Waals surface area (Å²) in [5, 5.41) is 0.440. The molecular weight excluding hydrogens is 281 g/mol. The lowest BCUT2D eigenvalue weighted by atomic mass is 9.97. The SMILES string of the molecule is O=C1N2OS(=O)(=O)O[C@]3(C(F)(F)F)CC[C@@H]2CN13. The summed E-state index contributed by atoms with van der Waals surface area (Å²) in [6.07, 6.45) is -5.70. The van der Waals surface area contributed by atoms with Gasteiger partial charge in [0.2, 0.25) is 0 Å². The smallest absolute Gasteiger partial charge is 0.283 e. The molecule has 7 nitrogen and oxygen atoms in total. The highest BCUT2D eigenvalue weighted by atomic mass is 32.3. The lowest BCUT2D eigenvalue weighted by molar-refractivity contribution is -0.301. The Morgan fingerprint density at radius 2 is 2.06 bits per heavy atom. The lowest BCUT2D eigenvalue weighted by Crippen LogP contribution is -2.63. The molecule has 102 valence electrons. The number of alkyl halides is 3. The molecule has 0 saturated carbocycles. The number of nitrogens with zero attached hydrogens (tertiary/aromatic N) is 2. The molecule has 3 rings (SSSR count). The van der Waals surface area contributed by atoms with Crippen LogP contribution in [0.25, 0.3) is 0 Å². The summed E-state index contributed by atoms with van der Waals surface area (Å²) < 4.78 is 70.3. The van der Waals surface area contributed by atoms with E-state index >= 15 is 0 Å². The van der Waals surface area contributed by atoms with Crippen molar-refractivity contribution in [2.24, 2.45) is 0 Å². The van der Waals surface area contributed by atoms with Gasteiger partial charge < -0.3 is 0 Å². The Labute approximate surface area is 99.3 Å². The number of urea groups is 1. The monoisotopic (exact) mass is 288 g/mol. The molecule has 0 aromatic carbocycles. The summed E-state index contributed by atoms with van der Waals surface area (Å²) in [6.45, 7) is -0.270. The van der Waals surface area contributed by atoms with E-state index in [0.717, 1.165) is 0 Å². The maximum atomic E-state index is 13.1. The first-order valence-electron chi connectivity index (χ1n) is 4.99. The largest absolute Gasteiger partial charge is 0.438 e. The van der Waals surface area contributed by atoms with Crippen molar-refractivity contribution in [2.75, 3.05) is 6.54 Å². The van der Waals surface area contributed by atoms with Crippen LogP contribution in [0.4, 0.5) is 18.0 Å². The van der Waals surface area contributed by atoms with Crippen LogP contribution in [0.3, 0.4) is 0 Å². The van der Waals surface area contributed by atoms with Crippen LogP contribution in [0.1, 0.15) is 12.8 Å². The molecule has 0 aromatic heterocycles. The fourth-order valence-electron chi connectivity index (χ4n) is 2.45. The van der Waals surface area contributed by atoms with Gasteiger partial charge in [-0.25, -0.2) is 8.98 Å². The second-order valence-electron chi connectivity index (χ2n) is 4.26. The van der Waals surface area contributed by atoms with Gasteiger partial charge in [0.15, 0.2) is 0 Å². The van der Waals surface area contributed by atoms with Crippen molar-refractivity contribution in [1.29, 1.82) is 0 Å². The Morgan fingerprint density at radius 1 is 1.39 bits per heavy atom. The third-order valence-corrected chi connectivity index (χ3v) is 4.07. The van der Waals surface area contributed by atoms with Crippen LogP contribution in [-0.2, 0) is 18.9 Å². The Bertz CT molecular complexity index is 520. The third-order valence-electron chi connectivity index (χ3n) is 3.25. The topological polar surface area (TPSA) is 76.1 Å². The lowest BCUT2D eigenvalue weighted by Gasteiger charge is -2.42. The zero-order valence-electron chi connectivity index (χ0n) is 8.68. The van der Waals surface area contributed by atoms with Gasteiger partial charge in [-0.1, -0.05) is 0 Å². The maximum Gasteiger partial charge on any atom is 0.438 e. The number of amides is 2. The van der Waals surface area contributed by atoms with Crippen molar-refractivity contribution in [1.82, 2.24) is 9.96 Å². The minimum absolute atomic E-state index is 0.0444. The fourth-order valence-corrected chi connectivity index (χ4v) is 3.47. The van der Waals surface area contributed by atoms with Gasteiger partial charge in [-0.15, -0.1) is 4.28 Å². The number of carbonyl (C=O) groups is 1. The van der Waals surface area contributed by atoms with Crippen LogP contribution in [0.5, 0.6) is 0 Å². The predicted octanol–water partition coefficient (Wildman–Crippen LogP) is 0.352.